The van der Waals surface area contributed by atoms with E-state index < -0.39 is 0 Å². The minimum Gasteiger partial charge on any atom is -0.486 e. The maximum Gasteiger partial charge on any atom is 0.258 e. The van der Waals surface area contributed by atoms with Gasteiger partial charge in [0.2, 0.25) is 0 Å². The van der Waals surface area contributed by atoms with E-state index in [1.165, 1.54) is 16.7 Å². The molecule has 2 N–H and O–H groups in total. The Morgan fingerprint density at radius 2 is 1.72 bits per heavy atom. The molecular formula is C35H38N4O4. The van der Waals surface area contributed by atoms with Crippen molar-refractivity contribution in [2.45, 2.75) is 32.5 Å². The van der Waals surface area contributed by atoms with E-state index in [4.69, 9.17) is 4.74 Å². The predicted octanol–water partition coefficient (Wildman–Crippen LogP) is 5.35. The number of aliphatic hydroxyl groups excluding tert-OH is 1. The fourth-order valence-electron chi connectivity index (χ4n) is 5.37. The van der Waals surface area contributed by atoms with Crippen LogP contribution in [0.25, 0.3) is 11.1 Å². The Balaban J connectivity index is 1.39. The van der Waals surface area contributed by atoms with Gasteiger partial charge in [-0.2, -0.15) is 0 Å². The van der Waals surface area contributed by atoms with Crippen LogP contribution in [0.3, 0.4) is 0 Å². The van der Waals surface area contributed by atoms with Crippen LogP contribution in [-0.2, 0) is 6.54 Å². The fourth-order valence-corrected chi connectivity index (χ4v) is 5.37. The molecule has 43 heavy (non-hydrogen) atoms. The molecule has 0 bridgehead atoms. The van der Waals surface area contributed by atoms with Crippen molar-refractivity contribution in [3.05, 3.63) is 114 Å². The first-order valence-corrected chi connectivity index (χ1v) is 14.6. The molecule has 1 aromatic heterocycles. The summed E-state index contributed by atoms with van der Waals surface area (Å²) in [6.07, 6.45) is 2.82. The van der Waals surface area contributed by atoms with Crippen LogP contribution < -0.4 is 10.1 Å². The number of rotatable bonds is 9. The summed E-state index contributed by atoms with van der Waals surface area (Å²) in [5.41, 5.74) is 4.75. The molecule has 0 saturated heterocycles. The van der Waals surface area contributed by atoms with Crippen LogP contribution in [0.2, 0.25) is 0 Å². The smallest absolute Gasteiger partial charge is 0.258 e. The normalized spacial score (nSPS) is 17.4. The zero-order valence-corrected chi connectivity index (χ0v) is 24.8. The van der Waals surface area contributed by atoms with E-state index in [1.807, 2.05) is 25.1 Å². The molecule has 2 heterocycles. The minimum absolute atomic E-state index is 0.0574. The number of aliphatic hydroxyl groups is 1. The van der Waals surface area contributed by atoms with Crippen molar-refractivity contribution in [2.75, 3.05) is 32.1 Å². The van der Waals surface area contributed by atoms with Crippen molar-refractivity contribution < 1.29 is 19.4 Å². The van der Waals surface area contributed by atoms with E-state index in [2.05, 4.69) is 65.6 Å². The number of aromatic nitrogens is 1. The highest BCUT2D eigenvalue weighted by Crippen LogP contribution is 2.35. The molecule has 0 radical (unpaired) electrons. The van der Waals surface area contributed by atoms with E-state index in [-0.39, 0.29) is 36.5 Å². The number of benzene rings is 3. The Morgan fingerprint density at radius 1 is 1.02 bits per heavy atom. The third-order valence-corrected chi connectivity index (χ3v) is 7.89. The van der Waals surface area contributed by atoms with E-state index in [9.17, 15) is 14.7 Å². The number of amides is 2. The van der Waals surface area contributed by atoms with Crippen LogP contribution >= 0.6 is 0 Å². The summed E-state index contributed by atoms with van der Waals surface area (Å²) in [6, 6.07) is 26.9. The molecule has 2 amide bonds. The van der Waals surface area contributed by atoms with Gasteiger partial charge in [0.05, 0.1) is 23.9 Å². The highest BCUT2D eigenvalue weighted by molar-refractivity contribution is 6.07. The van der Waals surface area contributed by atoms with Gasteiger partial charge in [-0.15, -0.1) is 0 Å². The first kappa shape index (κ1) is 29.9. The van der Waals surface area contributed by atoms with Gasteiger partial charge in [0.15, 0.2) is 5.75 Å². The van der Waals surface area contributed by atoms with Crippen molar-refractivity contribution in [1.82, 2.24) is 14.8 Å². The zero-order valence-electron chi connectivity index (χ0n) is 24.8. The van der Waals surface area contributed by atoms with Crippen molar-refractivity contribution >= 4 is 17.5 Å². The Kier molecular flexibility index (Phi) is 9.49. The summed E-state index contributed by atoms with van der Waals surface area (Å²) in [6.45, 7) is 5.46. The summed E-state index contributed by atoms with van der Waals surface area (Å²) in [7, 11) is 2.05. The lowest BCUT2D eigenvalue weighted by molar-refractivity contribution is 0.0343. The Hall–Kier alpha value is -4.53. The van der Waals surface area contributed by atoms with Gasteiger partial charge in [-0.05, 0) is 54.9 Å². The molecule has 8 nitrogen and oxygen atoms in total. The molecule has 3 aromatic carbocycles. The number of likely N-dealkylation sites (N-methyl/N-ethyl adjacent to an activating group) is 1. The maximum absolute atomic E-state index is 13.7. The molecular weight excluding hydrogens is 540 g/mol. The van der Waals surface area contributed by atoms with Crippen LogP contribution in [0.15, 0.2) is 97.3 Å². The first-order valence-electron chi connectivity index (χ1n) is 14.6. The number of ether oxygens (including phenoxy) is 1. The number of carbonyl (C=O) groups is 2. The molecule has 8 heteroatoms. The lowest BCUT2D eigenvalue weighted by Gasteiger charge is -2.38. The molecule has 4 aromatic rings. The molecule has 1 aliphatic rings. The number of hydrogen-bond donors (Lipinski definition) is 2. The van der Waals surface area contributed by atoms with Gasteiger partial charge in [0, 0.05) is 43.5 Å². The predicted molar refractivity (Wildman–Crippen MR) is 168 cm³/mol. The monoisotopic (exact) mass is 578 g/mol. The number of anilines is 1. The Labute approximate surface area is 252 Å². The van der Waals surface area contributed by atoms with E-state index in [0.29, 0.717) is 42.2 Å². The van der Waals surface area contributed by atoms with Gasteiger partial charge >= 0.3 is 0 Å². The number of pyridine rings is 1. The van der Waals surface area contributed by atoms with E-state index in [1.54, 1.807) is 47.6 Å². The van der Waals surface area contributed by atoms with Gasteiger partial charge < -0.3 is 20.1 Å². The van der Waals surface area contributed by atoms with Gasteiger partial charge in [0.1, 0.15) is 6.10 Å². The SMILES string of the molecule is C[C@H]1CN([C@@H](C)CO)C(=O)c2cccc(NC(=O)c3ccncc3)c2O[C@H]1CN(C)Cc1ccc(-c2ccccc2)cc1. The molecule has 1 aliphatic heterocycles. The van der Waals surface area contributed by atoms with Crippen LogP contribution in [-0.4, -0.2) is 70.6 Å². The summed E-state index contributed by atoms with van der Waals surface area (Å²) < 4.78 is 6.66. The lowest BCUT2D eigenvalue weighted by atomic mass is 9.98. The van der Waals surface area contributed by atoms with Crippen LogP contribution in [0, 0.1) is 5.92 Å². The third kappa shape index (κ3) is 7.10. The quantitative estimate of drug-likeness (QED) is 0.278. The second-order valence-corrected chi connectivity index (χ2v) is 11.3. The van der Waals surface area contributed by atoms with Crippen molar-refractivity contribution in [3.63, 3.8) is 0 Å². The highest BCUT2D eigenvalue weighted by Gasteiger charge is 2.34. The molecule has 0 fully saturated rings. The lowest BCUT2D eigenvalue weighted by Crippen LogP contribution is -2.49. The number of hydrogen-bond acceptors (Lipinski definition) is 6. The van der Waals surface area contributed by atoms with Crippen molar-refractivity contribution in [1.29, 1.82) is 0 Å². The Morgan fingerprint density at radius 3 is 2.42 bits per heavy atom. The molecule has 3 atom stereocenters. The van der Waals surface area contributed by atoms with E-state index >= 15 is 0 Å². The average Bonchev–Trinajstić information content (AvgIpc) is 3.03. The average molecular weight is 579 g/mol. The first-order chi connectivity index (χ1) is 20.8. The number of nitrogens with zero attached hydrogens (tertiary/aromatic N) is 3. The second kappa shape index (κ2) is 13.6. The van der Waals surface area contributed by atoms with Crippen LogP contribution in [0.4, 0.5) is 5.69 Å². The minimum atomic E-state index is -0.377. The zero-order chi connectivity index (χ0) is 30.3. The number of fused-ring (bicyclic) bond motifs is 1. The van der Waals surface area contributed by atoms with Crippen molar-refractivity contribution in [3.8, 4) is 16.9 Å². The third-order valence-electron chi connectivity index (χ3n) is 7.89. The summed E-state index contributed by atoms with van der Waals surface area (Å²) in [5, 5.41) is 12.9. The standard InChI is InChI=1S/C35H38N4O4/c1-24-20-39(25(2)23-40)35(42)30-10-7-11-31(37-34(41)29-16-18-36-19-17-29)33(30)43-32(24)22-38(3)21-26-12-14-28(15-13-26)27-8-5-4-6-9-27/h4-19,24-25,32,40H,20-23H2,1-3H3,(H,37,41)/t24-,25-,32-/m0/s1. The number of nitrogens with one attached hydrogen (secondary N) is 1. The number of para-hydroxylation sites is 1. The van der Waals surface area contributed by atoms with Gasteiger partial charge in [-0.3, -0.25) is 19.5 Å². The summed E-state index contributed by atoms with van der Waals surface area (Å²) >= 11 is 0. The topological polar surface area (TPSA) is 95.0 Å². The van der Waals surface area contributed by atoms with Crippen LogP contribution in [0.1, 0.15) is 40.1 Å². The van der Waals surface area contributed by atoms with Gasteiger partial charge in [-0.1, -0.05) is 67.6 Å². The number of carbonyl (C=O) groups excluding carboxylic acids is 2. The molecule has 5 rings (SSSR count). The van der Waals surface area contributed by atoms with Crippen LogP contribution in [0.5, 0.6) is 5.75 Å². The molecule has 0 aliphatic carbocycles. The fraction of sp³-hybridized carbons (Fsp3) is 0.286. The largest absolute Gasteiger partial charge is 0.486 e. The van der Waals surface area contributed by atoms with Gasteiger partial charge in [-0.25, -0.2) is 0 Å². The maximum atomic E-state index is 13.7. The summed E-state index contributed by atoms with van der Waals surface area (Å²) in [5.74, 6) is -0.288. The summed E-state index contributed by atoms with van der Waals surface area (Å²) in [4.78, 5) is 34.7. The van der Waals surface area contributed by atoms with E-state index in [0.717, 1.165) is 0 Å². The molecule has 0 spiro atoms. The second-order valence-electron chi connectivity index (χ2n) is 11.3. The molecule has 0 saturated carbocycles. The highest BCUT2D eigenvalue weighted by atomic mass is 16.5. The van der Waals surface area contributed by atoms with Gasteiger partial charge in [0.25, 0.3) is 11.8 Å². The molecule has 222 valence electrons. The van der Waals surface area contributed by atoms with Crippen molar-refractivity contribution in [2.24, 2.45) is 5.92 Å². The molecule has 0 unspecified atom stereocenters. The Bertz CT molecular complexity index is 1530.